The highest BCUT2D eigenvalue weighted by atomic mass is 16.5. The fraction of sp³-hybridized carbons (Fsp3) is 0.500. The predicted octanol–water partition coefficient (Wildman–Crippen LogP) is 3.25. The lowest BCUT2D eigenvalue weighted by Gasteiger charge is -2.28. The first kappa shape index (κ1) is 16.2. The molecular formula is C16H22O4. The number of ketones is 1. The molecule has 0 aromatic heterocycles. The minimum Gasteiger partial charge on any atom is -0.496 e. The monoisotopic (exact) mass is 278 g/mol. The Kier molecular flexibility index (Phi) is 5.74. The maximum absolute atomic E-state index is 12.9. The van der Waals surface area contributed by atoms with Crippen LogP contribution in [0, 0.1) is 5.41 Å². The Morgan fingerprint density at radius 2 is 1.80 bits per heavy atom. The summed E-state index contributed by atoms with van der Waals surface area (Å²) in [5.41, 5.74) is -0.700. The largest absolute Gasteiger partial charge is 0.496 e. The van der Waals surface area contributed by atoms with E-state index in [9.17, 15) is 9.59 Å². The molecule has 1 rings (SSSR count). The van der Waals surface area contributed by atoms with Gasteiger partial charge in [0, 0.05) is 0 Å². The quantitative estimate of drug-likeness (QED) is 0.436. The summed E-state index contributed by atoms with van der Waals surface area (Å²) in [5.74, 6) is -0.223. The minimum absolute atomic E-state index is 0.230. The van der Waals surface area contributed by atoms with Crippen LogP contribution in [-0.2, 0) is 9.53 Å². The molecule has 0 saturated carbocycles. The van der Waals surface area contributed by atoms with Crippen molar-refractivity contribution < 1.29 is 19.1 Å². The number of hydrogen-bond donors (Lipinski definition) is 0. The minimum atomic E-state index is -1.13. The molecule has 4 nitrogen and oxygen atoms in total. The van der Waals surface area contributed by atoms with E-state index in [0.29, 0.717) is 24.2 Å². The van der Waals surface area contributed by atoms with Crippen LogP contribution in [0.15, 0.2) is 24.3 Å². The Morgan fingerprint density at radius 3 is 2.30 bits per heavy atom. The van der Waals surface area contributed by atoms with Gasteiger partial charge >= 0.3 is 5.97 Å². The molecule has 0 bridgehead atoms. The fourth-order valence-corrected chi connectivity index (χ4v) is 2.50. The van der Waals surface area contributed by atoms with Gasteiger partial charge in [-0.15, -0.1) is 0 Å². The van der Waals surface area contributed by atoms with E-state index >= 15 is 0 Å². The number of para-hydroxylation sites is 1. The van der Waals surface area contributed by atoms with Crippen LogP contribution in [0.2, 0.25) is 0 Å². The first-order valence-electron chi connectivity index (χ1n) is 6.83. The Labute approximate surface area is 120 Å². The van der Waals surface area contributed by atoms with E-state index in [0.717, 1.165) is 6.42 Å². The number of hydrogen-bond acceptors (Lipinski definition) is 4. The van der Waals surface area contributed by atoms with Crippen molar-refractivity contribution in [2.75, 3.05) is 14.2 Å². The molecule has 0 aliphatic carbocycles. The van der Waals surface area contributed by atoms with E-state index in [2.05, 4.69) is 0 Å². The number of rotatable bonds is 7. The third-order valence-corrected chi connectivity index (χ3v) is 3.64. The van der Waals surface area contributed by atoms with Crippen molar-refractivity contribution in [2.45, 2.75) is 33.1 Å². The highest BCUT2D eigenvalue weighted by Crippen LogP contribution is 2.36. The summed E-state index contributed by atoms with van der Waals surface area (Å²) in [6.45, 7) is 3.78. The van der Waals surface area contributed by atoms with Gasteiger partial charge in [-0.1, -0.05) is 32.4 Å². The van der Waals surface area contributed by atoms with Crippen LogP contribution in [0.25, 0.3) is 0 Å². The molecule has 0 N–H and O–H groups in total. The van der Waals surface area contributed by atoms with Crippen molar-refractivity contribution in [3.8, 4) is 5.75 Å². The SMILES string of the molecule is CCCC(CC)(C(=O)OC)C(=O)c1ccccc1OC. The van der Waals surface area contributed by atoms with Gasteiger partial charge in [-0.05, 0) is 25.0 Å². The van der Waals surface area contributed by atoms with Crippen molar-refractivity contribution in [3.63, 3.8) is 0 Å². The van der Waals surface area contributed by atoms with Crippen LogP contribution in [-0.4, -0.2) is 26.0 Å². The average molecular weight is 278 g/mol. The lowest BCUT2D eigenvalue weighted by Crippen LogP contribution is -2.40. The number of esters is 1. The van der Waals surface area contributed by atoms with Gasteiger partial charge in [0.2, 0.25) is 0 Å². The highest BCUT2D eigenvalue weighted by Gasteiger charge is 2.45. The van der Waals surface area contributed by atoms with Crippen molar-refractivity contribution in [2.24, 2.45) is 5.41 Å². The van der Waals surface area contributed by atoms with Crippen molar-refractivity contribution in [3.05, 3.63) is 29.8 Å². The molecule has 1 aromatic rings. The molecule has 0 saturated heterocycles. The first-order chi connectivity index (χ1) is 9.57. The number of ether oxygens (including phenoxy) is 2. The zero-order valence-electron chi connectivity index (χ0n) is 12.6. The third kappa shape index (κ3) is 2.84. The van der Waals surface area contributed by atoms with Crippen LogP contribution in [0.3, 0.4) is 0 Å². The van der Waals surface area contributed by atoms with E-state index in [1.54, 1.807) is 24.3 Å². The van der Waals surface area contributed by atoms with Crippen molar-refractivity contribution in [1.29, 1.82) is 0 Å². The summed E-state index contributed by atoms with van der Waals surface area (Å²) in [4.78, 5) is 25.1. The van der Waals surface area contributed by atoms with Crippen molar-refractivity contribution >= 4 is 11.8 Å². The van der Waals surface area contributed by atoms with Crippen LogP contribution in [0.1, 0.15) is 43.5 Å². The van der Waals surface area contributed by atoms with Gasteiger partial charge in [-0.3, -0.25) is 9.59 Å². The standard InChI is InChI=1S/C16H22O4/c1-5-11-16(6-2,15(18)20-4)14(17)12-9-7-8-10-13(12)19-3/h7-10H,5-6,11H2,1-4H3. The zero-order chi connectivity index (χ0) is 15.2. The van der Waals surface area contributed by atoms with E-state index in [-0.39, 0.29) is 5.78 Å². The summed E-state index contributed by atoms with van der Waals surface area (Å²) in [6, 6.07) is 6.96. The molecule has 0 spiro atoms. The molecule has 0 heterocycles. The summed E-state index contributed by atoms with van der Waals surface area (Å²) in [7, 11) is 2.83. The van der Waals surface area contributed by atoms with Gasteiger partial charge in [0.15, 0.2) is 5.78 Å². The van der Waals surface area contributed by atoms with E-state index in [1.807, 2.05) is 13.8 Å². The summed E-state index contributed by atoms with van der Waals surface area (Å²) < 4.78 is 10.1. The van der Waals surface area contributed by atoms with Gasteiger partial charge in [-0.25, -0.2) is 0 Å². The van der Waals surface area contributed by atoms with Crippen LogP contribution in [0.5, 0.6) is 5.75 Å². The predicted molar refractivity (Wildman–Crippen MR) is 77.0 cm³/mol. The molecule has 4 heteroatoms. The van der Waals surface area contributed by atoms with Crippen molar-refractivity contribution in [1.82, 2.24) is 0 Å². The molecule has 0 radical (unpaired) electrons. The highest BCUT2D eigenvalue weighted by molar-refractivity contribution is 6.13. The summed E-state index contributed by atoms with van der Waals surface area (Å²) >= 11 is 0. The second kappa shape index (κ2) is 7.08. The first-order valence-corrected chi connectivity index (χ1v) is 6.83. The Balaban J connectivity index is 3.33. The Hall–Kier alpha value is -1.84. The molecule has 0 aliphatic rings. The van der Waals surface area contributed by atoms with Gasteiger partial charge in [0.25, 0.3) is 0 Å². The molecule has 0 fully saturated rings. The second-order valence-corrected chi connectivity index (χ2v) is 4.71. The summed E-state index contributed by atoms with van der Waals surface area (Å²) in [5, 5.41) is 0. The number of methoxy groups -OCH3 is 2. The summed E-state index contributed by atoms with van der Waals surface area (Å²) in [6.07, 6.45) is 1.60. The second-order valence-electron chi connectivity index (χ2n) is 4.71. The Morgan fingerprint density at radius 1 is 1.15 bits per heavy atom. The van der Waals surface area contributed by atoms with E-state index in [4.69, 9.17) is 9.47 Å². The molecule has 1 atom stereocenters. The third-order valence-electron chi connectivity index (χ3n) is 3.64. The lowest BCUT2D eigenvalue weighted by atomic mass is 9.74. The smallest absolute Gasteiger partial charge is 0.319 e. The van der Waals surface area contributed by atoms with E-state index < -0.39 is 11.4 Å². The molecule has 110 valence electrons. The molecule has 20 heavy (non-hydrogen) atoms. The van der Waals surface area contributed by atoms with Gasteiger partial charge in [0.1, 0.15) is 11.2 Å². The van der Waals surface area contributed by atoms with Crippen LogP contribution in [0.4, 0.5) is 0 Å². The lowest BCUT2D eigenvalue weighted by molar-refractivity contribution is -0.150. The maximum atomic E-state index is 12.9. The zero-order valence-corrected chi connectivity index (χ0v) is 12.6. The van der Waals surface area contributed by atoms with Crippen LogP contribution < -0.4 is 4.74 Å². The van der Waals surface area contributed by atoms with Crippen LogP contribution >= 0.6 is 0 Å². The normalized spacial score (nSPS) is 13.4. The van der Waals surface area contributed by atoms with Gasteiger partial charge in [-0.2, -0.15) is 0 Å². The van der Waals surface area contributed by atoms with Gasteiger partial charge < -0.3 is 9.47 Å². The number of carbonyl (C=O) groups excluding carboxylic acids is 2. The molecule has 0 amide bonds. The molecule has 1 aromatic carbocycles. The molecule has 1 unspecified atom stereocenters. The van der Waals surface area contributed by atoms with E-state index in [1.165, 1.54) is 14.2 Å². The fourth-order valence-electron chi connectivity index (χ4n) is 2.50. The number of Topliss-reactive ketones (excluding diaryl/α,β-unsaturated/α-hetero) is 1. The van der Waals surface area contributed by atoms with Gasteiger partial charge in [0.05, 0.1) is 19.8 Å². The molecule has 0 aliphatic heterocycles. The topological polar surface area (TPSA) is 52.6 Å². The maximum Gasteiger partial charge on any atom is 0.319 e. The number of carbonyl (C=O) groups is 2. The Bertz CT molecular complexity index is 481. The molecular weight excluding hydrogens is 256 g/mol. The number of benzene rings is 1. The average Bonchev–Trinajstić information content (AvgIpc) is 2.51.